The number of fused-ring (bicyclic) bond motifs is 1. The molecule has 3 aliphatic rings. The highest BCUT2D eigenvalue weighted by atomic mass is 16.5. The third-order valence-electron chi connectivity index (χ3n) is 5.97. The number of carbonyl (C=O) groups excluding carboxylic acids is 1. The van der Waals surface area contributed by atoms with Crippen molar-refractivity contribution in [1.82, 2.24) is 20.0 Å². The van der Waals surface area contributed by atoms with E-state index in [2.05, 4.69) is 19.9 Å². The molecule has 0 aromatic carbocycles. The normalized spacial score (nSPS) is 19.9. The maximum atomic E-state index is 13.0. The van der Waals surface area contributed by atoms with E-state index in [0.29, 0.717) is 32.0 Å². The number of piperazine rings is 1. The van der Waals surface area contributed by atoms with Gasteiger partial charge in [0.2, 0.25) is 5.95 Å². The minimum Gasteiger partial charge on any atom is -0.378 e. The molecule has 0 bridgehead atoms. The van der Waals surface area contributed by atoms with Gasteiger partial charge in [0.05, 0.1) is 13.2 Å². The molecule has 0 radical (unpaired) electrons. The maximum Gasteiger partial charge on any atom is 0.276 e. The van der Waals surface area contributed by atoms with Gasteiger partial charge < -0.3 is 24.0 Å². The Morgan fingerprint density at radius 1 is 0.966 bits per heavy atom. The highest BCUT2D eigenvalue weighted by molar-refractivity contribution is 5.94. The predicted molar refractivity (Wildman–Crippen MR) is 106 cm³/mol. The largest absolute Gasteiger partial charge is 0.378 e. The molecule has 2 aromatic heterocycles. The van der Waals surface area contributed by atoms with Crippen molar-refractivity contribution in [3.63, 3.8) is 0 Å². The molecule has 2 fully saturated rings. The Hall–Kier alpha value is -2.68. The summed E-state index contributed by atoms with van der Waals surface area (Å²) in [4.78, 5) is 28.4. The molecule has 1 aliphatic carbocycles. The molecular weight excluding hydrogens is 372 g/mol. The van der Waals surface area contributed by atoms with E-state index in [1.165, 1.54) is 0 Å². The molecule has 9 heteroatoms. The van der Waals surface area contributed by atoms with Crippen LogP contribution in [0.25, 0.3) is 0 Å². The average Bonchev–Trinajstić information content (AvgIpc) is 3.24. The second-order valence-electron chi connectivity index (χ2n) is 7.73. The second kappa shape index (κ2) is 7.98. The maximum absolute atomic E-state index is 13.0. The smallest absolute Gasteiger partial charge is 0.276 e. The number of nitrogens with zero attached hydrogens (tertiary/aromatic N) is 6. The predicted octanol–water partition coefficient (Wildman–Crippen LogP) is 1.14. The summed E-state index contributed by atoms with van der Waals surface area (Å²) in [7, 11) is 0. The van der Waals surface area contributed by atoms with Gasteiger partial charge in [0.25, 0.3) is 5.91 Å². The topological polar surface area (TPSA) is 87.8 Å². The quantitative estimate of drug-likeness (QED) is 0.761. The number of aromatic nitrogens is 3. The van der Waals surface area contributed by atoms with Crippen molar-refractivity contribution in [3.05, 3.63) is 29.3 Å². The van der Waals surface area contributed by atoms with Gasteiger partial charge in [-0.3, -0.25) is 4.79 Å². The van der Waals surface area contributed by atoms with E-state index in [4.69, 9.17) is 14.2 Å². The molecule has 0 atom stereocenters. The molecule has 154 valence electrons. The van der Waals surface area contributed by atoms with Gasteiger partial charge in [-0.2, -0.15) is 4.98 Å². The highest BCUT2D eigenvalue weighted by Gasteiger charge is 2.30. The first-order chi connectivity index (χ1) is 14.3. The lowest BCUT2D eigenvalue weighted by atomic mass is 9.96. The van der Waals surface area contributed by atoms with Gasteiger partial charge in [0, 0.05) is 57.4 Å². The summed E-state index contributed by atoms with van der Waals surface area (Å²) in [5.41, 5.74) is 1.54. The van der Waals surface area contributed by atoms with Gasteiger partial charge in [-0.05, 0) is 25.3 Å². The van der Waals surface area contributed by atoms with Crippen molar-refractivity contribution in [2.45, 2.75) is 25.7 Å². The summed E-state index contributed by atoms with van der Waals surface area (Å²) >= 11 is 0. The van der Waals surface area contributed by atoms with Crippen LogP contribution in [-0.2, 0) is 17.6 Å². The number of rotatable bonds is 3. The minimum absolute atomic E-state index is 0.00626. The van der Waals surface area contributed by atoms with E-state index in [0.717, 1.165) is 75.0 Å². The van der Waals surface area contributed by atoms with E-state index < -0.39 is 0 Å². The van der Waals surface area contributed by atoms with Gasteiger partial charge in [0.1, 0.15) is 11.6 Å². The first kappa shape index (κ1) is 18.4. The van der Waals surface area contributed by atoms with Crippen LogP contribution in [-0.4, -0.2) is 78.4 Å². The highest BCUT2D eigenvalue weighted by Crippen LogP contribution is 2.26. The van der Waals surface area contributed by atoms with Crippen LogP contribution in [0.1, 0.15) is 34.7 Å². The number of morpholine rings is 1. The molecule has 2 aromatic rings. The number of carbonyl (C=O) groups is 1. The molecule has 9 nitrogen and oxygen atoms in total. The van der Waals surface area contributed by atoms with E-state index >= 15 is 0 Å². The van der Waals surface area contributed by atoms with Gasteiger partial charge in [0.15, 0.2) is 5.69 Å². The zero-order valence-corrected chi connectivity index (χ0v) is 16.5. The molecule has 0 spiro atoms. The van der Waals surface area contributed by atoms with Gasteiger partial charge in [-0.25, -0.2) is 4.98 Å². The van der Waals surface area contributed by atoms with Gasteiger partial charge >= 0.3 is 0 Å². The fourth-order valence-electron chi connectivity index (χ4n) is 4.27. The zero-order chi connectivity index (χ0) is 19.6. The van der Waals surface area contributed by atoms with E-state index in [9.17, 15) is 4.79 Å². The van der Waals surface area contributed by atoms with Crippen LogP contribution in [0.4, 0.5) is 11.8 Å². The monoisotopic (exact) mass is 398 g/mol. The number of hydrogen-bond donors (Lipinski definition) is 0. The van der Waals surface area contributed by atoms with Crippen molar-refractivity contribution in [2.24, 2.45) is 0 Å². The first-order valence-corrected chi connectivity index (χ1v) is 10.5. The number of amides is 1. The molecule has 2 aliphatic heterocycles. The Labute approximate surface area is 169 Å². The molecule has 29 heavy (non-hydrogen) atoms. The van der Waals surface area contributed by atoms with Crippen molar-refractivity contribution in [3.8, 4) is 0 Å². The molecule has 2 saturated heterocycles. The Kier molecular flexibility index (Phi) is 5.05. The number of anilines is 2. The average molecular weight is 398 g/mol. The lowest BCUT2D eigenvalue weighted by molar-refractivity contribution is 0.0735. The van der Waals surface area contributed by atoms with E-state index in [1.54, 1.807) is 0 Å². The van der Waals surface area contributed by atoms with E-state index in [-0.39, 0.29) is 5.91 Å². The van der Waals surface area contributed by atoms with Crippen LogP contribution in [0.3, 0.4) is 0 Å². The lowest BCUT2D eigenvalue weighted by Gasteiger charge is -2.35. The first-order valence-electron chi connectivity index (χ1n) is 10.5. The molecule has 0 saturated carbocycles. The van der Waals surface area contributed by atoms with Crippen LogP contribution >= 0.6 is 0 Å². The van der Waals surface area contributed by atoms with Crippen molar-refractivity contribution >= 4 is 17.7 Å². The van der Waals surface area contributed by atoms with Crippen molar-refractivity contribution in [1.29, 1.82) is 0 Å². The number of ether oxygens (including phenoxy) is 1. The van der Waals surface area contributed by atoms with Crippen LogP contribution in [0.2, 0.25) is 0 Å². The standard InChI is InChI=1S/C20H26N6O3/c27-19(18-15-3-1-2-4-16(15)29-23-18)25-9-7-24(8-10-25)17-5-6-21-20(22-17)26-11-13-28-14-12-26/h5-6H,1-4,7-14H2. The van der Waals surface area contributed by atoms with Gasteiger partial charge in [-0.1, -0.05) is 5.16 Å². The number of aryl methyl sites for hydroxylation is 1. The Balaban J connectivity index is 1.24. The molecule has 0 unspecified atom stereocenters. The summed E-state index contributed by atoms with van der Waals surface area (Å²) in [6, 6.07) is 1.94. The molecule has 5 rings (SSSR count). The summed E-state index contributed by atoms with van der Waals surface area (Å²) < 4.78 is 10.8. The Morgan fingerprint density at radius 3 is 2.59 bits per heavy atom. The summed E-state index contributed by atoms with van der Waals surface area (Å²) in [5.74, 6) is 2.55. The van der Waals surface area contributed by atoms with Gasteiger partial charge in [-0.15, -0.1) is 0 Å². The molecule has 4 heterocycles. The third-order valence-corrected chi connectivity index (χ3v) is 5.97. The van der Waals surface area contributed by atoms with E-state index in [1.807, 2.05) is 17.2 Å². The fourth-order valence-corrected chi connectivity index (χ4v) is 4.27. The Bertz CT molecular complexity index is 871. The molecule has 1 amide bonds. The van der Waals surface area contributed by atoms with Crippen LogP contribution < -0.4 is 9.80 Å². The Morgan fingerprint density at radius 2 is 1.76 bits per heavy atom. The van der Waals surface area contributed by atoms with Crippen LogP contribution in [0.5, 0.6) is 0 Å². The second-order valence-corrected chi connectivity index (χ2v) is 7.73. The summed E-state index contributed by atoms with van der Waals surface area (Å²) in [6.07, 6.45) is 5.81. The third kappa shape index (κ3) is 3.66. The van der Waals surface area contributed by atoms with Crippen molar-refractivity contribution < 1.29 is 14.1 Å². The van der Waals surface area contributed by atoms with Crippen LogP contribution in [0.15, 0.2) is 16.8 Å². The minimum atomic E-state index is -0.00626. The lowest BCUT2D eigenvalue weighted by Crippen LogP contribution is -2.49. The molecular formula is C20H26N6O3. The zero-order valence-electron chi connectivity index (χ0n) is 16.5. The summed E-state index contributed by atoms with van der Waals surface area (Å²) in [5, 5.41) is 4.10. The van der Waals surface area contributed by atoms with Crippen molar-refractivity contribution in [2.75, 3.05) is 62.3 Å². The fraction of sp³-hybridized carbons (Fsp3) is 0.600. The summed E-state index contributed by atoms with van der Waals surface area (Å²) in [6.45, 7) is 5.83. The number of hydrogen-bond acceptors (Lipinski definition) is 8. The SMILES string of the molecule is O=C(c1noc2c1CCCC2)N1CCN(c2ccnc(N3CCOCC3)n2)CC1. The van der Waals surface area contributed by atoms with Crippen LogP contribution in [0, 0.1) is 0 Å². The molecule has 0 N–H and O–H groups in total.